The Bertz CT molecular complexity index is 393. The molecule has 0 aliphatic rings. The number of hydrogen-bond donors (Lipinski definition) is 1. The highest BCUT2D eigenvalue weighted by Gasteiger charge is 2.06. The zero-order chi connectivity index (χ0) is 16.0. The Labute approximate surface area is 136 Å². The van der Waals surface area contributed by atoms with Gasteiger partial charge in [0.15, 0.2) is 11.5 Å². The molecule has 0 atom stereocenters. The average molecular weight is 307 g/mol. The number of rotatable bonds is 13. The van der Waals surface area contributed by atoms with Crippen LogP contribution in [0.25, 0.3) is 0 Å². The lowest BCUT2D eigenvalue weighted by Gasteiger charge is -2.14. The molecule has 0 fully saturated rings. The highest BCUT2D eigenvalue weighted by atomic mass is 16.5. The smallest absolute Gasteiger partial charge is 0.161 e. The second-order valence-electron chi connectivity index (χ2n) is 5.80. The molecule has 22 heavy (non-hydrogen) atoms. The number of nitrogens with two attached hydrogens (primary N) is 1. The minimum atomic E-state index is 0.531. The molecule has 0 radical (unpaired) electrons. The fourth-order valence-corrected chi connectivity index (χ4v) is 2.33. The third-order valence-electron chi connectivity index (χ3n) is 3.75. The van der Waals surface area contributed by atoms with E-state index in [0.29, 0.717) is 6.54 Å². The number of benzene rings is 1. The third-order valence-corrected chi connectivity index (χ3v) is 3.75. The summed E-state index contributed by atoms with van der Waals surface area (Å²) in [5.74, 6) is 1.69. The first-order chi connectivity index (χ1) is 10.8. The molecule has 1 rings (SSSR count). The van der Waals surface area contributed by atoms with Crippen molar-refractivity contribution < 1.29 is 9.47 Å². The van der Waals surface area contributed by atoms with Gasteiger partial charge in [-0.05, 0) is 30.5 Å². The molecular formula is C19H33NO2. The van der Waals surface area contributed by atoms with E-state index in [2.05, 4.69) is 13.8 Å². The Kier molecular flexibility index (Phi) is 10.6. The summed E-state index contributed by atoms with van der Waals surface area (Å²) >= 11 is 0. The predicted molar refractivity (Wildman–Crippen MR) is 93.6 cm³/mol. The van der Waals surface area contributed by atoms with Gasteiger partial charge in [-0.1, -0.05) is 58.4 Å². The first-order valence-electron chi connectivity index (χ1n) is 8.90. The summed E-state index contributed by atoms with van der Waals surface area (Å²) < 4.78 is 11.8. The van der Waals surface area contributed by atoms with E-state index in [1.165, 1.54) is 38.5 Å². The highest BCUT2D eigenvalue weighted by Crippen LogP contribution is 2.29. The van der Waals surface area contributed by atoms with Crippen LogP contribution >= 0.6 is 0 Å². The van der Waals surface area contributed by atoms with E-state index in [9.17, 15) is 0 Å². The van der Waals surface area contributed by atoms with E-state index >= 15 is 0 Å². The highest BCUT2D eigenvalue weighted by molar-refractivity contribution is 5.43. The molecule has 2 N–H and O–H groups in total. The zero-order valence-electron chi connectivity index (χ0n) is 14.4. The molecule has 0 aliphatic heterocycles. The van der Waals surface area contributed by atoms with Gasteiger partial charge in [-0.25, -0.2) is 0 Å². The van der Waals surface area contributed by atoms with Gasteiger partial charge in [0, 0.05) is 6.54 Å². The molecule has 0 saturated heterocycles. The van der Waals surface area contributed by atoms with Gasteiger partial charge >= 0.3 is 0 Å². The molecule has 0 aromatic heterocycles. The van der Waals surface area contributed by atoms with Gasteiger partial charge in [0.25, 0.3) is 0 Å². The Morgan fingerprint density at radius 1 is 0.773 bits per heavy atom. The Morgan fingerprint density at radius 2 is 1.36 bits per heavy atom. The Balaban J connectivity index is 2.47. The zero-order valence-corrected chi connectivity index (χ0v) is 14.4. The molecule has 0 heterocycles. The van der Waals surface area contributed by atoms with Crippen molar-refractivity contribution in [1.82, 2.24) is 0 Å². The van der Waals surface area contributed by atoms with Crippen molar-refractivity contribution in [1.29, 1.82) is 0 Å². The van der Waals surface area contributed by atoms with Gasteiger partial charge in [-0.2, -0.15) is 0 Å². The van der Waals surface area contributed by atoms with E-state index in [4.69, 9.17) is 15.2 Å². The second kappa shape index (κ2) is 12.3. The molecular weight excluding hydrogens is 274 g/mol. The number of unbranched alkanes of at least 4 members (excludes halogenated alkanes) is 6. The fraction of sp³-hybridized carbons (Fsp3) is 0.684. The van der Waals surface area contributed by atoms with Crippen LogP contribution in [0.2, 0.25) is 0 Å². The lowest BCUT2D eigenvalue weighted by molar-refractivity contribution is 0.258. The van der Waals surface area contributed by atoms with Crippen LogP contribution < -0.4 is 15.2 Å². The molecule has 0 amide bonds. The van der Waals surface area contributed by atoms with Gasteiger partial charge in [-0.3, -0.25) is 0 Å². The SMILES string of the molecule is CCCCCCOc1ccc(CN)cc1OCCCCCC. The first-order valence-corrected chi connectivity index (χ1v) is 8.90. The number of hydrogen-bond acceptors (Lipinski definition) is 3. The maximum absolute atomic E-state index is 5.92. The minimum Gasteiger partial charge on any atom is -0.490 e. The molecule has 1 aromatic carbocycles. The van der Waals surface area contributed by atoms with Crippen LogP contribution in [0, 0.1) is 0 Å². The van der Waals surface area contributed by atoms with Gasteiger partial charge in [0.1, 0.15) is 0 Å². The molecule has 0 spiro atoms. The molecule has 3 heteroatoms. The maximum atomic E-state index is 5.92. The van der Waals surface area contributed by atoms with E-state index in [0.717, 1.165) is 43.1 Å². The maximum Gasteiger partial charge on any atom is 0.161 e. The molecule has 0 aliphatic carbocycles. The van der Waals surface area contributed by atoms with Crippen LogP contribution in [0.3, 0.4) is 0 Å². The van der Waals surface area contributed by atoms with Crippen molar-refractivity contribution >= 4 is 0 Å². The summed E-state index contributed by atoms with van der Waals surface area (Å²) in [4.78, 5) is 0. The lowest BCUT2D eigenvalue weighted by atomic mass is 10.2. The molecule has 126 valence electrons. The molecule has 0 bridgehead atoms. The predicted octanol–water partition coefficient (Wildman–Crippen LogP) is 5.06. The topological polar surface area (TPSA) is 44.5 Å². The lowest BCUT2D eigenvalue weighted by Crippen LogP contribution is -2.04. The van der Waals surface area contributed by atoms with E-state index in [1.807, 2.05) is 18.2 Å². The van der Waals surface area contributed by atoms with Crippen molar-refractivity contribution in [2.75, 3.05) is 13.2 Å². The van der Waals surface area contributed by atoms with Crippen LogP contribution in [0.1, 0.15) is 70.8 Å². The summed E-state index contributed by atoms with van der Waals surface area (Å²) in [5.41, 5.74) is 6.81. The monoisotopic (exact) mass is 307 g/mol. The minimum absolute atomic E-state index is 0.531. The van der Waals surface area contributed by atoms with Crippen molar-refractivity contribution in [2.24, 2.45) is 5.73 Å². The van der Waals surface area contributed by atoms with Crippen LogP contribution in [0.4, 0.5) is 0 Å². The quantitative estimate of drug-likeness (QED) is 0.518. The summed E-state index contributed by atoms with van der Waals surface area (Å²) in [5, 5.41) is 0. The molecule has 0 unspecified atom stereocenters. The van der Waals surface area contributed by atoms with Crippen LogP contribution in [0.15, 0.2) is 18.2 Å². The van der Waals surface area contributed by atoms with Crippen molar-refractivity contribution in [3.63, 3.8) is 0 Å². The summed E-state index contributed by atoms with van der Waals surface area (Å²) in [6.07, 6.45) is 9.68. The average Bonchev–Trinajstić information content (AvgIpc) is 2.55. The summed E-state index contributed by atoms with van der Waals surface area (Å²) in [7, 11) is 0. The third kappa shape index (κ3) is 7.69. The summed E-state index contributed by atoms with van der Waals surface area (Å²) in [6, 6.07) is 6.02. The van der Waals surface area contributed by atoms with Crippen molar-refractivity contribution in [2.45, 2.75) is 71.8 Å². The van der Waals surface area contributed by atoms with Crippen molar-refractivity contribution in [3.05, 3.63) is 23.8 Å². The normalized spacial score (nSPS) is 10.7. The van der Waals surface area contributed by atoms with Crippen molar-refractivity contribution in [3.8, 4) is 11.5 Å². The van der Waals surface area contributed by atoms with Crippen LogP contribution in [-0.2, 0) is 6.54 Å². The first kappa shape index (κ1) is 18.8. The summed E-state index contributed by atoms with van der Waals surface area (Å²) in [6.45, 7) is 6.48. The Morgan fingerprint density at radius 3 is 1.91 bits per heavy atom. The van der Waals surface area contributed by atoms with Gasteiger partial charge in [0.05, 0.1) is 13.2 Å². The van der Waals surface area contributed by atoms with E-state index < -0.39 is 0 Å². The van der Waals surface area contributed by atoms with Crippen LogP contribution in [0.5, 0.6) is 11.5 Å². The van der Waals surface area contributed by atoms with Gasteiger partial charge < -0.3 is 15.2 Å². The van der Waals surface area contributed by atoms with E-state index in [-0.39, 0.29) is 0 Å². The largest absolute Gasteiger partial charge is 0.490 e. The van der Waals surface area contributed by atoms with E-state index in [1.54, 1.807) is 0 Å². The fourth-order valence-electron chi connectivity index (χ4n) is 2.33. The Hall–Kier alpha value is -1.22. The second-order valence-corrected chi connectivity index (χ2v) is 5.80. The molecule has 1 aromatic rings. The van der Waals surface area contributed by atoms with Crippen LogP contribution in [-0.4, -0.2) is 13.2 Å². The number of ether oxygens (including phenoxy) is 2. The molecule has 0 saturated carbocycles. The van der Waals surface area contributed by atoms with Gasteiger partial charge in [-0.15, -0.1) is 0 Å². The van der Waals surface area contributed by atoms with Gasteiger partial charge in [0.2, 0.25) is 0 Å². The standard InChI is InChI=1S/C19H33NO2/c1-3-5-7-9-13-21-18-12-11-17(16-20)15-19(18)22-14-10-8-6-4-2/h11-12,15H,3-10,13-14,16,20H2,1-2H3. The molecule has 3 nitrogen and oxygen atoms in total.